The summed E-state index contributed by atoms with van der Waals surface area (Å²) < 4.78 is 6.28. The smallest absolute Gasteiger partial charge is 0.222 e. The van der Waals surface area contributed by atoms with Gasteiger partial charge in [0.05, 0.1) is 23.2 Å². The number of pyridine rings is 1. The molecule has 2 aliphatic heterocycles. The molecule has 4 nitrogen and oxygen atoms in total. The van der Waals surface area contributed by atoms with Gasteiger partial charge in [0.25, 0.3) is 0 Å². The van der Waals surface area contributed by atoms with E-state index in [0.29, 0.717) is 24.5 Å². The highest BCUT2D eigenvalue weighted by Crippen LogP contribution is 2.46. The molecule has 3 aliphatic rings. The van der Waals surface area contributed by atoms with Crippen molar-refractivity contribution >= 4 is 17.7 Å². The van der Waals surface area contributed by atoms with Crippen molar-refractivity contribution in [3.05, 3.63) is 30.1 Å². The number of carbonyl (C=O) groups is 1. The highest BCUT2D eigenvalue weighted by molar-refractivity contribution is 8.01. The second kappa shape index (κ2) is 5.85. The molecular weight excluding hydrogens is 296 g/mol. The number of likely N-dealkylation sites (tertiary alicyclic amines) is 1. The van der Waals surface area contributed by atoms with E-state index in [2.05, 4.69) is 4.98 Å². The molecule has 118 valence electrons. The molecule has 1 aliphatic carbocycles. The van der Waals surface area contributed by atoms with Crippen LogP contribution in [0.4, 0.5) is 0 Å². The Hall–Kier alpha value is -1.07. The quantitative estimate of drug-likeness (QED) is 0.836. The zero-order valence-electron chi connectivity index (χ0n) is 12.7. The molecule has 0 radical (unpaired) electrons. The first kappa shape index (κ1) is 14.5. The van der Waals surface area contributed by atoms with Crippen LogP contribution in [-0.2, 0) is 16.1 Å². The van der Waals surface area contributed by atoms with Gasteiger partial charge in [-0.15, -0.1) is 11.8 Å². The summed E-state index contributed by atoms with van der Waals surface area (Å²) in [5, 5.41) is 0. The lowest BCUT2D eigenvalue weighted by molar-refractivity contribution is -0.137. The van der Waals surface area contributed by atoms with Crippen molar-refractivity contribution in [3.8, 4) is 0 Å². The van der Waals surface area contributed by atoms with Gasteiger partial charge < -0.3 is 9.64 Å². The molecule has 5 heteroatoms. The fourth-order valence-corrected chi connectivity index (χ4v) is 4.89. The van der Waals surface area contributed by atoms with Crippen LogP contribution in [0.25, 0.3) is 0 Å². The molecule has 1 aromatic heterocycles. The second-order valence-corrected chi connectivity index (χ2v) is 8.34. The SMILES string of the molecule is O=C(CC1CC1)N1CC2(C[C@@H](OCc3ccccn3)CS2)C1. The Labute approximate surface area is 135 Å². The molecule has 22 heavy (non-hydrogen) atoms. The minimum Gasteiger partial charge on any atom is -0.371 e. The molecule has 0 N–H and O–H groups in total. The second-order valence-electron chi connectivity index (χ2n) is 6.85. The summed E-state index contributed by atoms with van der Waals surface area (Å²) in [6.45, 7) is 2.44. The van der Waals surface area contributed by atoms with Crippen LogP contribution < -0.4 is 0 Å². The number of thioether (sulfide) groups is 1. The average Bonchev–Trinajstić information content (AvgIpc) is 3.20. The summed E-state index contributed by atoms with van der Waals surface area (Å²) >= 11 is 1.99. The molecule has 1 aromatic rings. The summed E-state index contributed by atoms with van der Waals surface area (Å²) in [5.74, 6) is 2.10. The molecule has 4 rings (SSSR count). The van der Waals surface area contributed by atoms with E-state index in [-0.39, 0.29) is 4.75 Å². The lowest BCUT2D eigenvalue weighted by atomic mass is 9.92. The number of ether oxygens (including phenoxy) is 1. The Morgan fingerprint density at radius 3 is 3.00 bits per heavy atom. The fraction of sp³-hybridized carbons (Fsp3) is 0.647. The van der Waals surface area contributed by atoms with Gasteiger partial charge in [0, 0.05) is 31.5 Å². The lowest BCUT2D eigenvalue weighted by Gasteiger charge is -2.47. The normalized spacial score (nSPS) is 26.2. The molecule has 0 bridgehead atoms. The zero-order valence-corrected chi connectivity index (χ0v) is 13.6. The Morgan fingerprint density at radius 2 is 2.27 bits per heavy atom. The summed E-state index contributed by atoms with van der Waals surface area (Å²) in [6.07, 6.45) is 6.45. The van der Waals surface area contributed by atoms with Crippen LogP contribution in [0.15, 0.2) is 24.4 Å². The topological polar surface area (TPSA) is 42.4 Å². The van der Waals surface area contributed by atoms with Crippen LogP contribution in [-0.4, -0.2) is 45.5 Å². The van der Waals surface area contributed by atoms with E-state index in [0.717, 1.165) is 37.4 Å². The fourth-order valence-electron chi connectivity index (χ4n) is 3.34. The molecule has 1 spiro atoms. The molecule has 1 atom stereocenters. The van der Waals surface area contributed by atoms with E-state index in [1.54, 1.807) is 6.20 Å². The van der Waals surface area contributed by atoms with Crippen LogP contribution in [0.1, 0.15) is 31.4 Å². The van der Waals surface area contributed by atoms with Gasteiger partial charge in [-0.05, 0) is 37.3 Å². The van der Waals surface area contributed by atoms with Gasteiger partial charge in [0.15, 0.2) is 0 Å². The zero-order chi connectivity index (χ0) is 15.0. The van der Waals surface area contributed by atoms with Gasteiger partial charge in [-0.2, -0.15) is 0 Å². The standard InChI is InChI=1S/C17H22N2O2S/c20-16(7-13-4-5-13)19-11-17(12-19)8-15(10-22-17)21-9-14-3-1-2-6-18-14/h1-3,6,13,15H,4-5,7-12H2/t15-/m1/s1. The van der Waals surface area contributed by atoms with Crippen molar-refractivity contribution in [2.24, 2.45) is 5.92 Å². The molecule has 0 unspecified atom stereocenters. The van der Waals surface area contributed by atoms with Crippen LogP contribution in [0.5, 0.6) is 0 Å². The van der Waals surface area contributed by atoms with Gasteiger partial charge >= 0.3 is 0 Å². The summed E-state index contributed by atoms with van der Waals surface area (Å²) in [5.41, 5.74) is 0.989. The van der Waals surface area contributed by atoms with Gasteiger partial charge in [0.2, 0.25) is 5.91 Å². The average molecular weight is 318 g/mol. The first-order valence-corrected chi connectivity index (χ1v) is 9.14. The van der Waals surface area contributed by atoms with Gasteiger partial charge in [-0.1, -0.05) is 6.07 Å². The van der Waals surface area contributed by atoms with Crippen LogP contribution in [0, 0.1) is 5.92 Å². The van der Waals surface area contributed by atoms with Gasteiger partial charge in [0.1, 0.15) is 0 Å². The van der Waals surface area contributed by atoms with Crippen molar-refractivity contribution in [2.45, 2.75) is 43.1 Å². The van der Waals surface area contributed by atoms with E-state index < -0.39 is 0 Å². The Bertz CT molecular complexity index is 541. The summed E-state index contributed by atoms with van der Waals surface area (Å²) in [7, 11) is 0. The Kier molecular flexibility index (Phi) is 3.86. The monoisotopic (exact) mass is 318 g/mol. The maximum Gasteiger partial charge on any atom is 0.222 e. The van der Waals surface area contributed by atoms with Crippen LogP contribution >= 0.6 is 11.8 Å². The van der Waals surface area contributed by atoms with E-state index in [1.165, 1.54) is 12.8 Å². The number of aromatic nitrogens is 1. The third-order valence-corrected chi connectivity index (χ3v) is 6.41. The predicted octanol–water partition coefficient (Wildman–Crippen LogP) is 2.48. The highest BCUT2D eigenvalue weighted by Gasteiger charge is 2.51. The van der Waals surface area contributed by atoms with Crippen molar-refractivity contribution < 1.29 is 9.53 Å². The summed E-state index contributed by atoms with van der Waals surface area (Å²) in [6, 6.07) is 5.91. The van der Waals surface area contributed by atoms with Crippen molar-refractivity contribution in [3.63, 3.8) is 0 Å². The van der Waals surface area contributed by atoms with Crippen LogP contribution in [0.2, 0.25) is 0 Å². The first-order chi connectivity index (χ1) is 10.7. The number of hydrogen-bond acceptors (Lipinski definition) is 4. The predicted molar refractivity (Wildman–Crippen MR) is 86.5 cm³/mol. The summed E-state index contributed by atoms with van der Waals surface area (Å²) in [4.78, 5) is 18.4. The van der Waals surface area contributed by atoms with E-state index in [4.69, 9.17) is 4.74 Å². The minimum absolute atomic E-state index is 0.272. The molecule has 1 amide bonds. The van der Waals surface area contributed by atoms with Crippen molar-refractivity contribution in [1.29, 1.82) is 0 Å². The third-order valence-electron chi connectivity index (χ3n) is 4.84. The third kappa shape index (κ3) is 3.15. The largest absolute Gasteiger partial charge is 0.371 e. The molecule has 0 aromatic carbocycles. The van der Waals surface area contributed by atoms with E-state index >= 15 is 0 Å². The van der Waals surface area contributed by atoms with E-state index in [9.17, 15) is 4.79 Å². The Balaban J connectivity index is 1.22. The number of rotatable bonds is 5. The minimum atomic E-state index is 0.272. The molecular formula is C17H22N2O2S. The number of carbonyl (C=O) groups excluding carboxylic acids is 1. The van der Waals surface area contributed by atoms with Gasteiger partial charge in [-0.3, -0.25) is 9.78 Å². The number of hydrogen-bond donors (Lipinski definition) is 0. The maximum atomic E-state index is 12.1. The maximum absolute atomic E-state index is 12.1. The van der Waals surface area contributed by atoms with Gasteiger partial charge in [-0.25, -0.2) is 0 Å². The number of nitrogens with zero attached hydrogens (tertiary/aromatic N) is 2. The highest BCUT2D eigenvalue weighted by atomic mass is 32.2. The number of amides is 1. The van der Waals surface area contributed by atoms with E-state index in [1.807, 2.05) is 34.9 Å². The first-order valence-electron chi connectivity index (χ1n) is 8.16. The molecule has 3 heterocycles. The molecule has 1 saturated carbocycles. The Morgan fingerprint density at radius 1 is 1.41 bits per heavy atom. The van der Waals surface area contributed by atoms with Crippen LogP contribution in [0.3, 0.4) is 0 Å². The van der Waals surface area contributed by atoms with Crippen molar-refractivity contribution in [2.75, 3.05) is 18.8 Å². The lowest BCUT2D eigenvalue weighted by Crippen LogP contribution is -2.60. The molecule has 2 saturated heterocycles. The van der Waals surface area contributed by atoms with Crippen molar-refractivity contribution in [1.82, 2.24) is 9.88 Å². The molecule has 3 fully saturated rings.